The van der Waals surface area contributed by atoms with Crippen LogP contribution in [0.4, 0.5) is 0 Å². The van der Waals surface area contributed by atoms with Crippen LogP contribution in [0, 0.1) is 13.8 Å². The molecular weight excluding hydrogens is 398 g/mol. The predicted octanol–water partition coefficient (Wildman–Crippen LogP) is 3.96. The minimum absolute atomic E-state index is 0.788. The van der Waals surface area contributed by atoms with E-state index in [-0.39, 0.29) is 0 Å². The van der Waals surface area contributed by atoms with E-state index in [1.54, 1.807) is 0 Å². The molecule has 7 heteroatoms. The molecule has 0 atom stereocenters. The first-order valence-electron chi connectivity index (χ1n) is 11.2. The van der Waals surface area contributed by atoms with Gasteiger partial charge in [0.05, 0.1) is 16.7 Å². The van der Waals surface area contributed by atoms with Gasteiger partial charge in [-0.15, -0.1) is 10.2 Å². The van der Waals surface area contributed by atoms with Crippen LogP contribution >= 0.6 is 0 Å². The predicted molar refractivity (Wildman–Crippen MR) is 126 cm³/mol. The number of benzene rings is 1. The Balaban J connectivity index is 1.50. The maximum absolute atomic E-state index is 4.71. The van der Waals surface area contributed by atoms with Gasteiger partial charge in [0.1, 0.15) is 11.5 Å². The van der Waals surface area contributed by atoms with Crippen molar-refractivity contribution >= 4 is 16.7 Å². The number of hydrogen-bond acceptors (Lipinski definition) is 4. The van der Waals surface area contributed by atoms with E-state index in [4.69, 9.17) is 5.10 Å². The van der Waals surface area contributed by atoms with E-state index < -0.39 is 0 Å². The van der Waals surface area contributed by atoms with Crippen LogP contribution in [0.15, 0.2) is 48.7 Å². The number of nitrogens with zero attached hydrogens (tertiary/aromatic N) is 7. The van der Waals surface area contributed by atoms with Gasteiger partial charge in [0, 0.05) is 26.3 Å². The van der Waals surface area contributed by atoms with Gasteiger partial charge in [0.25, 0.3) is 0 Å². The summed E-state index contributed by atoms with van der Waals surface area (Å²) < 4.78 is 6.36. The average molecular weight is 426 g/mol. The molecule has 1 aliphatic heterocycles. The molecule has 0 aliphatic carbocycles. The number of fused-ring (bicyclic) bond motifs is 3. The minimum atomic E-state index is 0.788. The molecule has 0 saturated carbocycles. The van der Waals surface area contributed by atoms with Crippen LogP contribution in [-0.2, 0) is 20.1 Å². The van der Waals surface area contributed by atoms with E-state index in [9.17, 15) is 0 Å². The lowest BCUT2D eigenvalue weighted by atomic mass is 10.0. The molecule has 1 fully saturated rings. The first-order valence-corrected chi connectivity index (χ1v) is 11.2. The van der Waals surface area contributed by atoms with Crippen LogP contribution < -0.4 is 0 Å². The Morgan fingerprint density at radius 2 is 1.69 bits per heavy atom. The molecule has 0 amide bonds. The van der Waals surface area contributed by atoms with Crippen molar-refractivity contribution in [3.63, 3.8) is 0 Å². The highest BCUT2D eigenvalue weighted by Crippen LogP contribution is 2.30. The van der Waals surface area contributed by atoms with Gasteiger partial charge in [0.15, 0.2) is 5.65 Å². The molecule has 162 valence electrons. The minimum Gasteiger partial charge on any atom is -0.333 e. The fourth-order valence-electron chi connectivity index (χ4n) is 4.89. The van der Waals surface area contributed by atoms with Gasteiger partial charge < -0.3 is 4.57 Å². The standard InChI is InChI=1S/C25H27N7/c1-17-11-19(15-30-8-4-9-30)13-20(12-17)16-31-22-5-6-25-27-26-18(2)32(25)24(22)14-23(31)21-7-10-29(3)28-21/h5-7,10-14H,4,8-9,15-16H2,1-3H3. The molecule has 4 aromatic heterocycles. The smallest absolute Gasteiger partial charge is 0.161 e. The van der Waals surface area contributed by atoms with E-state index in [0.29, 0.717) is 0 Å². The normalized spacial score (nSPS) is 14.5. The van der Waals surface area contributed by atoms with Gasteiger partial charge in [-0.2, -0.15) is 5.10 Å². The molecule has 5 aromatic rings. The maximum atomic E-state index is 4.71. The zero-order chi connectivity index (χ0) is 21.8. The summed E-state index contributed by atoms with van der Waals surface area (Å²) in [5, 5.41) is 13.3. The lowest BCUT2D eigenvalue weighted by molar-refractivity contribution is 0.172. The number of likely N-dealkylation sites (tertiary alicyclic amines) is 1. The molecular formula is C25H27N7. The first kappa shape index (κ1) is 19.3. The highest BCUT2D eigenvalue weighted by molar-refractivity contribution is 5.86. The van der Waals surface area contributed by atoms with Crippen molar-refractivity contribution in [2.75, 3.05) is 13.1 Å². The molecule has 0 N–H and O–H groups in total. The third-order valence-corrected chi connectivity index (χ3v) is 6.47. The van der Waals surface area contributed by atoms with E-state index in [2.05, 4.69) is 67.4 Å². The third kappa shape index (κ3) is 3.20. The van der Waals surface area contributed by atoms with E-state index in [1.165, 1.54) is 36.2 Å². The van der Waals surface area contributed by atoms with Gasteiger partial charge in [-0.25, -0.2) is 0 Å². The lowest BCUT2D eigenvalue weighted by Gasteiger charge is -2.30. The highest BCUT2D eigenvalue weighted by atomic mass is 15.3. The summed E-state index contributed by atoms with van der Waals surface area (Å²) in [6.07, 6.45) is 3.31. The number of aryl methyl sites for hydroxylation is 3. The van der Waals surface area contributed by atoms with Crippen LogP contribution in [0.5, 0.6) is 0 Å². The van der Waals surface area contributed by atoms with Crippen molar-refractivity contribution in [3.8, 4) is 11.4 Å². The summed E-state index contributed by atoms with van der Waals surface area (Å²) >= 11 is 0. The molecule has 0 bridgehead atoms. The second-order valence-corrected chi connectivity index (χ2v) is 8.99. The van der Waals surface area contributed by atoms with Gasteiger partial charge in [-0.1, -0.05) is 23.8 Å². The Labute approximate surface area is 186 Å². The number of hydrogen-bond donors (Lipinski definition) is 0. The molecule has 1 aliphatic rings. The van der Waals surface area contributed by atoms with Gasteiger partial charge in [-0.05, 0) is 68.8 Å². The summed E-state index contributed by atoms with van der Waals surface area (Å²) in [5.41, 5.74) is 9.23. The SMILES string of the molecule is Cc1cc(CN2CCC2)cc(Cn2c(-c3ccn(C)n3)cc3c2ccc2nnc(C)n23)c1. The van der Waals surface area contributed by atoms with Gasteiger partial charge in [-0.3, -0.25) is 14.0 Å². The molecule has 1 aromatic carbocycles. The van der Waals surface area contributed by atoms with Crippen LogP contribution in [0.3, 0.4) is 0 Å². The lowest BCUT2D eigenvalue weighted by Crippen LogP contribution is -2.36. The highest BCUT2D eigenvalue weighted by Gasteiger charge is 2.18. The van der Waals surface area contributed by atoms with Gasteiger partial charge in [0.2, 0.25) is 0 Å². The monoisotopic (exact) mass is 425 g/mol. The molecule has 6 rings (SSSR count). The molecule has 0 spiro atoms. The molecule has 1 saturated heterocycles. The Morgan fingerprint density at radius 3 is 2.41 bits per heavy atom. The van der Waals surface area contributed by atoms with Gasteiger partial charge >= 0.3 is 0 Å². The zero-order valence-electron chi connectivity index (χ0n) is 18.8. The van der Waals surface area contributed by atoms with Crippen molar-refractivity contribution in [1.29, 1.82) is 0 Å². The van der Waals surface area contributed by atoms with E-state index in [0.717, 1.165) is 47.0 Å². The van der Waals surface area contributed by atoms with Crippen LogP contribution in [-0.4, -0.2) is 46.9 Å². The Hall–Kier alpha value is -3.45. The van der Waals surface area contributed by atoms with Crippen LogP contribution in [0.1, 0.15) is 28.9 Å². The second-order valence-electron chi connectivity index (χ2n) is 8.99. The fourth-order valence-corrected chi connectivity index (χ4v) is 4.89. The second kappa shape index (κ2) is 7.31. The van der Waals surface area contributed by atoms with Crippen molar-refractivity contribution in [2.45, 2.75) is 33.4 Å². The molecule has 7 nitrogen and oxygen atoms in total. The Kier molecular flexibility index (Phi) is 4.40. The quantitative estimate of drug-likeness (QED) is 0.428. The summed E-state index contributed by atoms with van der Waals surface area (Å²) in [6, 6.07) is 15.5. The number of rotatable bonds is 5. The number of aromatic nitrogens is 6. The third-order valence-electron chi connectivity index (χ3n) is 6.47. The Bertz CT molecular complexity index is 1450. The van der Waals surface area contributed by atoms with E-state index >= 15 is 0 Å². The fraction of sp³-hybridized carbons (Fsp3) is 0.320. The number of pyridine rings is 1. The molecule has 32 heavy (non-hydrogen) atoms. The summed E-state index contributed by atoms with van der Waals surface area (Å²) in [7, 11) is 1.96. The summed E-state index contributed by atoms with van der Waals surface area (Å²) in [6.45, 7) is 8.44. The first-order chi connectivity index (χ1) is 15.5. The van der Waals surface area contributed by atoms with Crippen molar-refractivity contribution in [2.24, 2.45) is 7.05 Å². The summed E-state index contributed by atoms with van der Waals surface area (Å²) in [5.74, 6) is 0.891. The van der Waals surface area contributed by atoms with E-state index in [1.807, 2.05) is 30.9 Å². The largest absolute Gasteiger partial charge is 0.333 e. The molecule has 0 unspecified atom stereocenters. The van der Waals surface area contributed by atoms with Crippen LogP contribution in [0.25, 0.3) is 28.1 Å². The van der Waals surface area contributed by atoms with Crippen LogP contribution in [0.2, 0.25) is 0 Å². The molecule has 0 radical (unpaired) electrons. The summed E-state index contributed by atoms with van der Waals surface area (Å²) in [4.78, 5) is 2.51. The van der Waals surface area contributed by atoms with Crippen molar-refractivity contribution in [3.05, 3.63) is 71.2 Å². The van der Waals surface area contributed by atoms with Crippen molar-refractivity contribution < 1.29 is 0 Å². The molecule has 5 heterocycles. The average Bonchev–Trinajstić information content (AvgIpc) is 3.42. The van der Waals surface area contributed by atoms with Crippen molar-refractivity contribution in [1.82, 2.24) is 33.8 Å². The topological polar surface area (TPSA) is 56.2 Å². The Morgan fingerprint density at radius 1 is 0.875 bits per heavy atom. The maximum Gasteiger partial charge on any atom is 0.161 e. The zero-order valence-corrected chi connectivity index (χ0v) is 18.8.